The zero-order valence-corrected chi connectivity index (χ0v) is 20.8. The molecule has 5 rings (SSSR count). The van der Waals surface area contributed by atoms with Gasteiger partial charge in [-0.1, -0.05) is 58.0 Å². The summed E-state index contributed by atoms with van der Waals surface area (Å²) in [6.07, 6.45) is 1.54. The van der Waals surface area contributed by atoms with E-state index in [1.165, 1.54) is 6.33 Å². The molecule has 0 unspecified atom stereocenters. The van der Waals surface area contributed by atoms with Gasteiger partial charge in [0.25, 0.3) is 0 Å². The van der Waals surface area contributed by atoms with Crippen molar-refractivity contribution in [1.29, 1.82) is 0 Å². The third-order valence-corrected chi connectivity index (χ3v) is 6.68. The van der Waals surface area contributed by atoms with Gasteiger partial charge in [-0.2, -0.15) is 0 Å². The number of aryl methyl sites for hydroxylation is 1. The highest BCUT2D eigenvalue weighted by atomic mass is 79.9. The van der Waals surface area contributed by atoms with Gasteiger partial charge in [-0.25, -0.2) is 15.0 Å². The molecule has 0 aliphatic heterocycles. The Balaban J connectivity index is 1.48. The molecule has 0 fully saturated rings. The van der Waals surface area contributed by atoms with Crippen LogP contribution in [0, 0.1) is 6.92 Å². The number of halogens is 1. The van der Waals surface area contributed by atoms with Crippen LogP contribution in [0.25, 0.3) is 11.0 Å². The molecular formula is C27H21BrN4OS. The van der Waals surface area contributed by atoms with Gasteiger partial charge in [0.1, 0.15) is 24.5 Å². The lowest BCUT2D eigenvalue weighted by atomic mass is 10.2. The summed E-state index contributed by atoms with van der Waals surface area (Å²) < 4.78 is 7.15. The number of hydrogen-bond acceptors (Lipinski definition) is 6. The van der Waals surface area contributed by atoms with Gasteiger partial charge in [-0.05, 0) is 61.0 Å². The molecule has 0 saturated heterocycles. The molecule has 2 heterocycles. The molecule has 0 saturated carbocycles. The zero-order chi connectivity index (χ0) is 23.3. The van der Waals surface area contributed by atoms with Gasteiger partial charge < -0.3 is 10.1 Å². The predicted molar refractivity (Wildman–Crippen MR) is 141 cm³/mol. The SMILES string of the molecule is Cc1ccc2c(Nc3cc(OCc4cccc(Br)c4)ccc3Sc3ccccc3)ncnc2n1. The van der Waals surface area contributed by atoms with E-state index in [1.54, 1.807) is 11.8 Å². The first-order valence-corrected chi connectivity index (χ1v) is 12.3. The number of pyridine rings is 1. The number of ether oxygens (including phenoxy) is 1. The maximum absolute atomic E-state index is 6.12. The Morgan fingerprint density at radius 1 is 0.912 bits per heavy atom. The van der Waals surface area contributed by atoms with Crippen LogP contribution in [0.3, 0.4) is 0 Å². The molecule has 168 valence electrons. The molecule has 0 spiro atoms. The Morgan fingerprint density at radius 3 is 2.65 bits per heavy atom. The summed E-state index contributed by atoms with van der Waals surface area (Å²) in [5.41, 5.74) is 3.58. The van der Waals surface area contributed by atoms with Crippen molar-refractivity contribution in [2.75, 3.05) is 5.32 Å². The third kappa shape index (κ3) is 5.38. The fourth-order valence-corrected chi connectivity index (χ4v) is 4.81. The molecule has 0 atom stereocenters. The summed E-state index contributed by atoms with van der Waals surface area (Å²) >= 11 is 5.20. The van der Waals surface area contributed by atoms with Crippen LogP contribution in [-0.2, 0) is 6.61 Å². The first-order valence-electron chi connectivity index (χ1n) is 10.7. The molecule has 3 aromatic carbocycles. The second-order valence-electron chi connectivity index (χ2n) is 7.66. The van der Waals surface area contributed by atoms with E-state index in [-0.39, 0.29) is 0 Å². The van der Waals surface area contributed by atoms with Crippen LogP contribution in [0.5, 0.6) is 5.75 Å². The van der Waals surface area contributed by atoms with Crippen molar-refractivity contribution in [3.63, 3.8) is 0 Å². The van der Waals surface area contributed by atoms with Crippen LogP contribution in [0.15, 0.2) is 106 Å². The van der Waals surface area contributed by atoms with Crippen molar-refractivity contribution in [1.82, 2.24) is 15.0 Å². The molecule has 0 aliphatic rings. The lowest BCUT2D eigenvalue weighted by molar-refractivity contribution is 0.306. The molecule has 0 radical (unpaired) electrons. The molecular weight excluding hydrogens is 508 g/mol. The van der Waals surface area contributed by atoms with E-state index in [0.29, 0.717) is 18.1 Å². The van der Waals surface area contributed by atoms with E-state index < -0.39 is 0 Å². The average Bonchev–Trinajstić information content (AvgIpc) is 2.85. The molecule has 7 heteroatoms. The summed E-state index contributed by atoms with van der Waals surface area (Å²) in [6, 6.07) is 28.4. The van der Waals surface area contributed by atoms with Gasteiger partial charge in [-0.15, -0.1) is 0 Å². The largest absolute Gasteiger partial charge is 0.489 e. The van der Waals surface area contributed by atoms with Crippen LogP contribution in [0.1, 0.15) is 11.3 Å². The summed E-state index contributed by atoms with van der Waals surface area (Å²) in [7, 11) is 0. The number of anilines is 2. The van der Waals surface area contributed by atoms with Crippen molar-refractivity contribution in [3.8, 4) is 5.75 Å². The zero-order valence-electron chi connectivity index (χ0n) is 18.4. The van der Waals surface area contributed by atoms with Crippen LogP contribution in [0.4, 0.5) is 11.5 Å². The van der Waals surface area contributed by atoms with E-state index in [9.17, 15) is 0 Å². The normalized spacial score (nSPS) is 10.9. The fraction of sp³-hybridized carbons (Fsp3) is 0.0741. The van der Waals surface area contributed by atoms with E-state index in [4.69, 9.17) is 4.74 Å². The molecule has 1 N–H and O–H groups in total. The Labute approximate surface area is 210 Å². The van der Waals surface area contributed by atoms with Gasteiger partial charge in [0, 0.05) is 26.0 Å². The molecule has 0 aliphatic carbocycles. The Bertz CT molecular complexity index is 1450. The minimum absolute atomic E-state index is 0.476. The second-order valence-corrected chi connectivity index (χ2v) is 9.69. The number of nitrogens with zero attached hydrogens (tertiary/aromatic N) is 3. The number of nitrogens with one attached hydrogen (secondary N) is 1. The number of rotatable bonds is 7. The minimum Gasteiger partial charge on any atom is -0.489 e. The monoisotopic (exact) mass is 528 g/mol. The first-order chi connectivity index (χ1) is 16.6. The summed E-state index contributed by atoms with van der Waals surface area (Å²) in [5, 5.41) is 4.37. The van der Waals surface area contributed by atoms with Crippen LogP contribution in [-0.4, -0.2) is 15.0 Å². The van der Waals surface area contributed by atoms with Crippen molar-refractivity contribution in [2.24, 2.45) is 0 Å². The third-order valence-electron chi connectivity index (χ3n) is 5.11. The number of benzene rings is 3. The van der Waals surface area contributed by atoms with E-state index in [0.717, 1.165) is 42.3 Å². The van der Waals surface area contributed by atoms with Crippen molar-refractivity contribution >= 4 is 50.2 Å². The standard InChI is InChI=1S/C27H21BrN4OS/c1-18-10-12-23-26(31-18)29-17-30-27(23)32-24-15-21(33-16-19-6-5-7-20(28)14-19)11-13-25(24)34-22-8-3-2-4-9-22/h2-15,17H,16H2,1H3,(H,29,30,31,32). The summed E-state index contributed by atoms with van der Waals surface area (Å²) in [6.45, 7) is 2.43. The molecule has 34 heavy (non-hydrogen) atoms. The summed E-state index contributed by atoms with van der Waals surface area (Å²) in [4.78, 5) is 15.6. The van der Waals surface area contributed by atoms with Crippen LogP contribution < -0.4 is 10.1 Å². The van der Waals surface area contributed by atoms with Crippen molar-refractivity contribution in [2.45, 2.75) is 23.3 Å². The predicted octanol–water partition coefficient (Wildman–Crippen LogP) is 7.57. The molecule has 2 aromatic heterocycles. The van der Waals surface area contributed by atoms with Gasteiger partial charge >= 0.3 is 0 Å². The lowest BCUT2D eigenvalue weighted by Gasteiger charge is -2.15. The van der Waals surface area contributed by atoms with Gasteiger partial charge in [0.05, 0.1) is 11.1 Å². The minimum atomic E-state index is 0.476. The van der Waals surface area contributed by atoms with Crippen molar-refractivity contribution < 1.29 is 4.74 Å². The smallest absolute Gasteiger partial charge is 0.164 e. The maximum Gasteiger partial charge on any atom is 0.164 e. The van der Waals surface area contributed by atoms with Crippen LogP contribution in [0.2, 0.25) is 0 Å². The molecule has 5 aromatic rings. The van der Waals surface area contributed by atoms with E-state index in [1.807, 2.05) is 67.6 Å². The van der Waals surface area contributed by atoms with Crippen LogP contribution >= 0.6 is 27.7 Å². The Kier molecular flexibility index (Phi) is 6.74. The number of hydrogen-bond donors (Lipinski definition) is 1. The van der Waals surface area contributed by atoms with Gasteiger partial charge in [0.15, 0.2) is 5.65 Å². The average molecular weight is 529 g/mol. The quantitative estimate of drug-likeness (QED) is 0.235. The maximum atomic E-state index is 6.12. The Hall–Kier alpha value is -3.42. The van der Waals surface area contributed by atoms with Gasteiger partial charge in [-0.3, -0.25) is 0 Å². The topological polar surface area (TPSA) is 59.9 Å². The molecule has 0 bridgehead atoms. The van der Waals surface area contributed by atoms with Gasteiger partial charge in [0.2, 0.25) is 0 Å². The highest BCUT2D eigenvalue weighted by Gasteiger charge is 2.11. The highest BCUT2D eigenvalue weighted by molar-refractivity contribution is 9.10. The molecule has 0 amide bonds. The first kappa shape index (κ1) is 22.4. The second kappa shape index (κ2) is 10.2. The van der Waals surface area contributed by atoms with Crippen molar-refractivity contribution in [3.05, 3.63) is 107 Å². The lowest BCUT2D eigenvalue weighted by Crippen LogP contribution is -2.00. The number of aromatic nitrogens is 3. The fourth-order valence-electron chi connectivity index (χ4n) is 3.46. The number of fused-ring (bicyclic) bond motifs is 1. The highest BCUT2D eigenvalue weighted by Crippen LogP contribution is 2.38. The Morgan fingerprint density at radius 2 is 1.79 bits per heavy atom. The molecule has 5 nitrogen and oxygen atoms in total. The van der Waals surface area contributed by atoms with E-state index in [2.05, 4.69) is 60.5 Å². The summed E-state index contributed by atoms with van der Waals surface area (Å²) in [5.74, 6) is 1.48. The van der Waals surface area contributed by atoms with E-state index >= 15 is 0 Å².